The highest BCUT2D eigenvalue weighted by Crippen LogP contribution is 2.38. The second-order valence-corrected chi connectivity index (χ2v) is 7.15. The van der Waals surface area contributed by atoms with E-state index in [1.807, 2.05) is 12.1 Å². The van der Waals surface area contributed by atoms with Gasteiger partial charge in [0.05, 0.1) is 11.6 Å². The molecule has 0 unspecified atom stereocenters. The van der Waals surface area contributed by atoms with Crippen LogP contribution in [0.3, 0.4) is 0 Å². The zero-order valence-corrected chi connectivity index (χ0v) is 14.2. The number of hydrogen-bond donors (Lipinski definition) is 0. The standard InChI is InChI=1S/C22H27N/c1-2-3-4-5-17-6-9-19(10-7-17)21-13-12-20-14-18(16-23)8-11-22(20)15-21/h8,11-15,17,19H,2-7,9-10H2,1H3. The Hall–Kier alpha value is -1.81. The van der Waals surface area contributed by atoms with E-state index in [0.29, 0.717) is 0 Å². The minimum Gasteiger partial charge on any atom is -0.192 e. The second-order valence-electron chi connectivity index (χ2n) is 7.15. The van der Waals surface area contributed by atoms with Gasteiger partial charge in [0.2, 0.25) is 0 Å². The monoisotopic (exact) mass is 305 g/mol. The first kappa shape index (κ1) is 16.1. The lowest BCUT2D eigenvalue weighted by atomic mass is 9.77. The summed E-state index contributed by atoms with van der Waals surface area (Å²) in [6, 6.07) is 15.1. The lowest BCUT2D eigenvalue weighted by molar-refractivity contribution is 0.303. The third-order valence-corrected chi connectivity index (χ3v) is 5.53. The molecule has 3 rings (SSSR count). The summed E-state index contributed by atoms with van der Waals surface area (Å²) in [5, 5.41) is 11.5. The average Bonchev–Trinajstić information content (AvgIpc) is 2.61. The quantitative estimate of drug-likeness (QED) is 0.573. The van der Waals surface area contributed by atoms with Crippen molar-refractivity contribution in [2.24, 2.45) is 5.92 Å². The Morgan fingerprint density at radius 3 is 2.43 bits per heavy atom. The zero-order valence-electron chi connectivity index (χ0n) is 14.2. The van der Waals surface area contributed by atoms with Gasteiger partial charge in [-0.1, -0.05) is 56.9 Å². The topological polar surface area (TPSA) is 23.8 Å². The van der Waals surface area contributed by atoms with Crippen molar-refractivity contribution in [3.63, 3.8) is 0 Å². The van der Waals surface area contributed by atoms with E-state index in [-0.39, 0.29) is 0 Å². The van der Waals surface area contributed by atoms with Crippen LogP contribution in [0.2, 0.25) is 0 Å². The SMILES string of the molecule is CCCCCC1CCC(c2ccc3cc(C#N)ccc3c2)CC1. The molecular weight excluding hydrogens is 278 g/mol. The number of nitriles is 1. The van der Waals surface area contributed by atoms with Gasteiger partial charge in [-0.05, 0) is 66.0 Å². The third-order valence-electron chi connectivity index (χ3n) is 5.53. The molecule has 0 spiro atoms. The van der Waals surface area contributed by atoms with E-state index in [1.54, 1.807) is 0 Å². The van der Waals surface area contributed by atoms with Gasteiger partial charge in [0.15, 0.2) is 0 Å². The van der Waals surface area contributed by atoms with Crippen molar-refractivity contribution >= 4 is 10.8 Å². The number of hydrogen-bond acceptors (Lipinski definition) is 1. The Bertz CT molecular complexity index is 687. The molecule has 0 saturated heterocycles. The van der Waals surface area contributed by atoms with Crippen molar-refractivity contribution in [1.82, 2.24) is 0 Å². The summed E-state index contributed by atoms with van der Waals surface area (Å²) in [5.74, 6) is 1.70. The van der Waals surface area contributed by atoms with Gasteiger partial charge in [-0.3, -0.25) is 0 Å². The minimum absolute atomic E-state index is 0.734. The van der Waals surface area contributed by atoms with Gasteiger partial charge >= 0.3 is 0 Å². The first-order valence-corrected chi connectivity index (χ1v) is 9.24. The Morgan fingerprint density at radius 1 is 0.957 bits per heavy atom. The number of unbranched alkanes of at least 4 members (excludes halogenated alkanes) is 2. The van der Waals surface area contributed by atoms with Crippen LogP contribution in [-0.2, 0) is 0 Å². The summed E-state index contributed by atoms with van der Waals surface area (Å²) in [7, 11) is 0. The number of rotatable bonds is 5. The van der Waals surface area contributed by atoms with Crippen LogP contribution < -0.4 is 0 Å². The molecule has 1 saturated carbocycles. The van der Waals surface area contributed by atoms with E-state index in [2.05, 4.69) is 37.3 Å². The van der Waals surface area contributed by atoms with E-state index in [9.17, 15) is 0 Å². The van der Waals surface area contributed by atoms with Crippen LogP contribution in [0, 0.1) is 17.2 Å². The highest BCUT2D eigenvalue weighted by molar-refractivity contribution is 5.84. The molecule has 0 radical (unpaired) electrons. The van der Waals surface area contributed by atoms with Crippen LogP contribution in [0.4, 0.5) is 0 Å². The fourth-order valence-electron chi connectivity index (χ4n) is 4.06. The molecule has 2 aromatic carbocycles. The minimum atomic E-state index is 0.734. The summed E-state index contributed by atoms with van der Waals surface area (Å²) >= 11 is 0. The van der Waals surface area contributed by atoms with Crippen molar-refractivity contribution in [2.75, 3.05) is 0 Å². The van der Waals surface area contributed by atoms with Gasteiger partial charge in [-0.15, -0.1) is 0 Å². The third kappa shape index (κ3) is 3.94. The highest BCUT2D eigenvalue weighted by Gasteiger charge is 2.22. The van der Waals surface area contributed by atoms with E-state index in [0.717, 1.165) is 17.4 Å². The van der Waals surface area contributed by atoms with Crippen LogP contribution in [0.1, 0.15) is 75.3 Å². The lowest BCUT2D eigenvalue weighted by Gasteiger charge is -2.29. The normalized spacial score (nSPS) is 21.2. The Labute approximate surface area is 140 Å². The summed E-state index contributed by atoms with van der Waals surface area (Å²) < 4.78 is 0. The largest absolute Gasteiger partial charge is 0.192 e. The maximum atomic E-state index is 9.01. The molecule has 2 aromatic rings. The molecule has 1 aliphatic carbocycles. The molecule has 0 N–H and O–H groups in total. The summed E-state index contributed by atoms with van der Waals surface area (Å²) in [6.45, 7) is 2.29. The van der Waals surface area contributed by atoms with Gasteiger partial charge in [-0.25, -0.2) is 0 Å². The van der Waals surface area contributed by atoms with Gasteiger partial charge < -0.3 is 0 Å². The molecule has 0 atom stereocenters. The van der Waals surface area contributed by atoms with E-state index in [4.69, 9.17) is 5.26 Å². The van der Waals surface area contributed by atoms with Crippen LogP contribution in [0.15, 0.2) is 36.4 Å². The molecule has 0 bridgehead atoms. The summed E-state index contributed by atoms with van der Waals surface area (Å²) in [5.41, 5.74) is 2.24. The van der Waals surface area contributed by atoms with Crippen molar-refractivity contribution in [2.45, 2.75) is 64.2 Å². The van der Waals surface area contributed by atoms with Crippen LogP contribution in [0.25, 0.3) is 10.8 Å². The molecule has 0 aromatic heterocycles. The Balaban J connectivity index is 1.64. The van der Waals surface area contributed by atoms with E-state index >= 15 is 0 Å². The Morgan fingerprint density at radius 2 is 1.70 bits per heavy atom. The van der Waals surface area contributed by atoms with Crippen LogP contribution in [-0.4, -0.2) is 0 Å². The number of nitrogens with zero attached hydrogens (tertiary/aromatic N) is 1. The van der Waals surface area contributed by atoms with Gasteiger partial charge in [0.1, 0.15) is 0 Å². The van der Waals surface area contributed by atoms with Gasteiger partial charge in [0, 0.05) is 0 Å². The molecule has 120 valence electrons. The molecule has 0 amide bonds. The average molecular weight is 305 g/mol. The molecule has 1 fully saturated rings. The fourth-order valence-corrected chi connectivity index (χ4v) is 4.06. The molecule has 1 aliphatic rings. The second kappa shape index (κ2) is 7.64. The Kier molecular flexibility index (Phi) is 5.34. The van der Waals surface area contributed by atoms with Crippen molar-refractivity contribution in [3.8, 4) is 6.07 Å². The highest BCUT2D eigenvalue weighted by atomic mass is 14.3. The van der Waals surface area contributed by atoms with E-state index < -0.39 is 0 Å². The fraction of sp³-hybridized carbons (Fsp3) is 0.500. The summed E-state index contributed by atoms with van der Waals surface area (Å²) in [4.78, 5) is 0. The molecule has 1 nitrogen and oxygen atoms in total. The van der Waals surface area contributed by atoms with Gasteiger partial charge in [0.25, 0.3) is 0 Å². The molecule has 0 heterocycles. The first-order chi connectivity index (χ1) is 11.3. The molecule has 1 heteroatoms. The lowest BCUT2D eigenvalue weighted by Crippen LogP contribution is -2.13. The molecule has 23 heavy (non-hydrogen) atoms. The van der Waals surface area contributed by atoms with Crippen molar-refractivity contribution in [1.29, 1.82) is 5.26 Å². The number of benzene rings is 2. The smallest absolute Gasteiger partial charge is 0.0991 e. The van der Waals surface area contributed by atoms with Crippen molar-refractivity contribution < 1.29 is 0 Å². The maximum Gasteiger partial charge on any atom is 0.0991 e. The van der Waals surface area contributed by atoms with Gasteiger partial charge in [-0.2, -0.15) is 5.26 Å². The predicted molar refractivity (Wildman–Crippen MR) is 97.5 cm³/mol. The predicted octanol–water partition coefficient (Wildman–Crippen LogP) is 6.57. The molecular formula is C22H27N. The van der Waals surface area contributed by atoms with Crippen LogP contribution >= 0.6 is 0 Å². The number of fused-ring (bicyclic) bond motifs is 1. The first-order valence-electron chi connectivity index (χ1n) is 9.24. The van der Waals surface area contributed by atoms with Crippen LogP contribution in [0.5, 0.6) is 0 Å². The summed E-state index contributed by atoms with van der Waals surface area (Å²) in [6.07, 6.45) is 11.1. The van der Waals surface area contributed by atoms with Crippen molar-refractivity contribution in [3.05, 3.63) is 47.5 Å². The van der Waals surface area contributed by atoms with E-state index in [1.165, 1.54) is 67.7 Å². The maximum absolute atomic E-state index is 9.01. The molecule has 0 aliphatic heterocycles. The zero-order chi connectivity index (χ0) is 16.1.